The lowest BCUT2D eigenvalue weighted by Gasteiger charge is -1.94. The van der Waals surface area contributed by atoms with Crippen LogP contribution in [0.5, 0.6) is 0 Å². The lowest BCUT2D eigenvalue weighted by molar-refractivity contribution is 1.32. The molecule has 2 aromatic rings. The maximum atomic E-state index is 4.36. The van der Waals surface area contributed by atoms with Gasteiger partial charge in [-0.1, -0.05) is 0 Å². The minimum Gasteiger partial charge on any atom is -0.265 e. The van der Waals surface area contributed by atoms with Crippen LogP contribution in [0, 0.1) is 3.57 Å². The molecule has 0 fully saturated rings. The first-order valence-corrected chi connectivity index (χ1v) is 5.62. The van der Waals surface area contributed by atoms with Gasteiger partial charge in [-0.2, -0.15) is 0 Å². The average molecular weight is 308 g/mol. The van der Waals surface area contributed by atoms with E-state index in [0.717, 1.165) is 11.3 Å². The van der Waals surface area contributed by atoms with Crippen molar-refractivity contribution in [3.8, 4) is 0 Å². The van der Waals surface area contributed by atoms with Crippen molar-refractivity contribution in [3.05, 3.63) is 57.9 Å². The van der Waals surface area contributed by atoms with Crippen LogP contribution in [0.4, 0.5) is 5.69 Å². The average Bonchev–Trinajstić information content (AvgIpc) is 2.30. The fourth-order valence-corrected chi connectivity index (χ4v) is 1.49. The van der Waals surface area contributed by atoms with Crippen molar-refractivity contribution in [1.82, 2.24) is 4.98 Å². The first-order chi connectivity index (χ1) is 7.34. The van der Waals surface area contributed by atoms with Crippen molar-refractivity contribution in [2.24, 2.45) is 4.99 Å². The number of nitrogens with zero attached hydrogens (tertiary/aromatic N) is 2. The molecule has 74 valence electrons. The van der Waals surface area contributed by atoms with E-state index in [1.165, 1.54) is 3.57 Å². The molecule has 0 aliphatic heterocycles. The topological polar surface area (TPSA) is 25.2 Å². The molecule has 1 heterocycles. The fraction of sp³-hybridized carbons (Fsp3) is 0. The first-order valence-electron chi connectivity index (χ1n) is 4.54. The summed E-state index contributed by atoms with van der Waals surface area (Å²) < 4.78 is 1.22. The summed E-state index contributed by atoms with van der Waals surface area (Å²) in [6, 6.07) is 11.9. The molecule has 2 nitrogen and oxygen atoms in total. The van der Waals surface area contributed by atoms with Crippen LogP contribution in [0.25, 0.3) is 0 Å². The van der Waals surface area contributed by atoms with Gasteiger partial charge in [-0.05, 0) is 64.6 Å². The van der Waals surface area contributed by atoms with E-state index in [1.54, 1.807) is 12.4 Å². The summed E-state index contributed by atoms with van der Waals surface area (Å²) in [5, 5.41) is 0. The van der Waals surface area contributed by atoms with Crippen molar-refractivity contribution in [1.29, 1.82) is 0 Å². The van der Waals surface area contributed by atoms with Crippen molar-refractivity contribution >= 4 is 34.5 Å². The van der Waals surface area contributed by atoms with Gasteiger partial charge in [0, 0.05) is 22.2 Å². The Morgan fingerprint density at radius 1 is 1.00 bits per heavy atom. The van der Waals surface area contributed by atoms with Crippen LogP contribution < -0.4 is 0 Å². The van der Waals surface area contributed by atoms with Crippen molar-refractivity contribution in [2.45, 2.75) is 0 Å². The van der Waals surface area contributed by atoms with Crippen LogP contribution in [0.3, 0.4) is 0 Å². The fourth-order valence-electron chi connectivity index (χ4n) is 1.13. The normalized spacial score (nSPS) is 10.7. The zero-order chi connectivity index (χ0) is 10.5. The second-order valence-corrected chi connectivity index (χ2v) is 4.26. The van der Waals surface area contributed by atoms with Gasteiger partial charge in [-0.15, -0.1) is 0 Å². The first kappa shape index (κ1) is 10.3. The third kappa shape index (κ3) is 3.13. The lowest BCUT2D eigenvalue weighted by atomic mass is 10.3. The molecule has 0 bridgehead atoms. The minimum atomic E-state index is 0.965. The molecule has 0 N–H and O–H groups in total. The Morgan fingerprint density at radius 2 is 1.67 bits per heavy atom. The third-order valence-electron chi connectivity index (χ3n) is 1.90. The van der Waals surface area contributed by atoms with E-state index in [4.69, 9.17) is 0 Å². The molecule has 1 aromatic carbocycles. The largest absolute Gasteiger partial charge is 0.265 e. The maximum absolute atomic E-state index is 4.36. The van der Waals surface area contributed by atoms with Crippen LogP contribution in [0.1, 0.15) is 5.56 Å². The van der Waals surface area contributed by atoms with E-state index in [0.29, 0.717) is 0 Å². The molecular weight excluding hydrogens is 299 g/mol. The molecule has 15 heavy (non-hydrogen) atoms. The van der Waals surface area contributed by atoms with E-state index < -0.39 is 0 Å². The predicted octanol–water partition coefficient (Wildman–Crippen LogP) is 3.44. The Kier molecular flexibility index (Phi) is 3.45. The van der Waals surface area contributed by atoms with Gasteiger partial charge in [0.2, 0.25) is 0 Å². The van der Waals surface area contributed by atoms with Crippen LogP contribution in [0.2, 0.25) is 0 Å². The number of aromatic nitrogens is 1. The molecule has 0 spiro atoms. The van der Waals surface area contributed by atoms with E-state index in [-0.39, 0.29) is 0 Å². The van der Waals surface area contributed by atoms with Crippen molar-refractivity contribution < 1.29 is 0 Å². The number of hydrogen-bond acceptors (Lipinski definition) is 2. The number of rotatable bonds is 2. The third-order valence-corrected chi connectivity index (χ3v) is 2.61. The summed E-state index contributed by atoms with van der Waals surface area (Å²) in [5.74, 6) is 0. The van der Waals surface area contributed by atoms with Gasteiger partial charge in [0.25, 0.3) is 0 Å². The van der Waals surface area contributed by atoms with E-state index in [1.807, 2.05) is 42.6 Å². The number of aliphatic imine (C=N–C) groups is 1. The lowest BCUT2D eigenvalue weighted by Crippen LogP contribution is -1.79. The standard InChI is InChI=1S/C12H9IN2/c13-11-1-3-12(4-2-11)15-9-10-5-7-14-8-6-10/h1-9H. The van der Waals surface area contributed by atoms with Crippen LogP contribution in [0.15, 0.2) is 53.8 Å². The highest BCUT2D eigenvalue weighted by molar-refractivity contribution is 14.1. The number of benzene rings is 1. The van der Waals surface area contributed by atoms with Crippen LogP contribution in [-0.4, -0.2) is 11.2 Å². The summed E-state index contributed by atoms with van der Waals surface area (Å²) in [6.45, 7) is 0. The molecule has 0 aliphatic carbocycles. The molecule has 0 saturated heterocycles. The molecule has 0 amide bonds. The Labute approximate surface area is 102 Å². The Hall–Kier alpha value is -1.23. The van der Waals surface area contributed by atoms with Crippen molar-refractivity contribution in [2.75, 3.05) is 0 Å². The van der Waals surface area contributed by atoms with E-state index in [2.05, 4.69) is 32.6 Å². The van der Waals surface area contributed by atoms with E-state index in [9.17, 15) is 0 Å². The smallest absolute Gasteiger partial charge is 0.0630 e. The zero-order valence-electron chi connectivity index (χ0n) is 7.97. The molecule has 2 rings (SSSR count). The molecule has 0 aliphatic rings. The Bertz CT molecular complexity index is 449. The summed E-state index contributed by atoms with van der Waals surface area (Å²) in [7, 11) is 0. The number of pyridine rings is 1. The molecular formula is C12H9IN2. The summed E-state index contributed by atoms with van der Waals surface area (Å²) in [4.78, 5) is 8.31. The van der Waals surface area contributed by atoms with E-state index >= 15 is 0 Å². The van der Waals surface area contributed by atoms with Crippen LogP contribution in [-0.2, 0) is 0 Å². The van der Waals surface area contributed by atoms with Crippen LogP contribution >= 0.6 is 22.6 Å². The van der Waals surface area contributed by atoms with Gasteiger partial charge in [-0.25, -0.2) is 0 Å². The minimum absolute atomic E-state index is 0.965. The number of hydrogen-bond donors (Lipinski definition) is 0. The Morgan fingerprint density at radius 3 is 2.33 bits per heavy atom. The van der Waals surface area contributed by atoms with Gasteiger partial charge >= 0.3 is 0 Å². The van der Waals surface area contributed by atoms with Gasteiger partial charge < -0.3 is 0 Å². The Balaban J connectivity index is 2.15. The van der Waals surface area contributed by atoms with Gasteiger partial charge in [-0.3, -0.25) is 9.98 Å². The predicted molar refractivity (Wildman–Crippen MR) is 70.7 cm³/mol. The maximum Gasteiger partial charge on any atom is 0.0630 e. The van der Waals surface area contributed by atoms with Gasteiger partial charge in [0.1, 0.15) is 0 Å². The van der Waals surface area contributed by atoms with Gasteiger partial charge in [0.15, 0.2) is 0 Å². The summed E-state index contributed by atoms with van der Waals surface area (Å²) in [5.41, 5.74) is 2.02. The summed E-state index contributed by atoms with van der Waals surface area (Å²) in [6.07, 6.45) is 5.36. The highest BCUT2D eigenvalue weighted by Crippen LogP contribution is 2.14. The second-order valence-electron chi connectivity index (χ2n) is 3.02. The van der Waals surface area contributed by atoms with Crippen molar-refractivity contribution in [3.63, 3.8) is 0 Å². The second kappa shape index (κ2) is 5.02. The SMILES string of the molecule is Ic1ccc(N=Cc2ccncc2)cc1. The quantitative estimate of drug-likeness (QED) is 0.616. The highest BCUT2D eigenvalue weighted by Gasteiger charge is 1.88. The monoisotopic (exact) mass is 308 g/mol. The molecule has 0 radical (unpaired) electrons. The number of halogens is 1. The zero-order valence-corrected chi connectivity index (χ0v) is 10.1. The molecule has 3 heteroatoms. The molecule has 0 saturated carbocycles. The molecule has 0 atom stereocenters. The summed E-state index contributed by atoms with van der Waals surface area (Å²) >= 11 is 2.28. The van der Waals surface area contributed by atoms with Gasteiger partial charge in [0.05, 0.1) is 5.69 Å². The molecule has 0 unspecified atom stereocenters. The molecule has 1 aromatic heterocycles. The highest BCUT2D eigenvalue weighted by atomic mass is 127.